The molecular formula is C17H29N3. The Morgan fingerprint density at radius 2 is 1.95 bits per heavy atom. The van der Waals surface area contributed by atoms with E-state index in [9.17, 15) is 0 Å². The Morgan fingerprint density at radius 3 is 2.65 bits per heavy atom. The lowest BCUT2D eigenvalue weighted by molar-refractivity contribution is 0.378. The first-order valence-electron chi connectivity index (χ1n) is 8.65. The van der Waals surface area contributed by atoms with Crippen LogP contribution in [0.2, 0.25) is 0 Å². The highest BCUT2D eigenvalue weighted by molar-refractivity contribution is 5.23. The van der Waals surface area contributed by atoms with Gasteiger partial charge in [-0.25, -0.2) is 4.98 Å². The summed E-state index contributed by atoms with van der Waals surface area (Å²) in [6.07, 6.45) is 10.5. The van der Waals surface area contributed by atoms with Crippen molar-refractivity contribution in [3.8, 4) is 0 Å². The Balaban J connectivity index is 2.00. The second kappa shape index (κ2) is 6.30. The predicted octanol–water partition coefficient (Wildman–Crippen LogP) is 3.94. The number of aromatic nitrogens is 2. The summed E-state index contributed by atoms with van der Waals surface area (Å²) in [7, 11) is 0. The maximum Gasteiger partial charge on any atom is 0.112 e. The van der Waals surface area contributed by atoms with E-state index in [1.165, 1.54) is 62.2 Å². The minimum atomic E-state index is 0.654. The highest BCUT2D eigenvalue weighted by Crippen LogP contribution is 2.36. The van der Waals surface area contributed by atoms with E-state index < -0.39 is 0 Å². The number of nitrogens with zero attached hydrogens (tertiary/aromatic N) is 2. The molecule has 3 heteroatoms. The molecule has 2 aliphatic rings. The van der Waals surface area contributed by atoms with Gasteiger partial charge in [0.05, 0.1) is 5.69 Å². The standard InChI is InChI=1S/C17H29N3/c1-3-14(4-2)20-16-10-11-18-12-15(16)19-17(20)13-8-6-5-7-9-13/h13-14,18H,3-12H2,1-2H3. The van der Waals surface area contributed by atoms with E-state index in [4.69, 9.17) is 4.98 Å². The third-order valence-corrected chi connectivity index (χ3v) is 5.23. The number of hydrogen-bond donors (Lipinski definition) is 1. The van der Waals surface area contributed by atoms with Gasteiger partial charge in [0.1, 0.15) is 5.82 Å². The molecule has 20 heavy (non-hydrogen) atoms. The van der Waals surface area contributed by atoms with E-state index in [0.29, 0.717) is 6.04 Å². The van der Waals surface area contributed by atoms with Gasteiger partial charge in [-0.05, 0) is 25.7 Å². The molecule has 0 bridgehead atoms. The fourth-order valence-corrected chi connectivity index (χ4v) is 4.06. The number of imidazole rings is 1. The van der Waals surface area contributed by atoms with Crippen molar-refractivity contribution in [2.45, 2.75) is 83.7 Å². The van der Waals surface area contributed by atoms with Gasteiger partial charge in [0.2, 0.25) is 0 Å². The molecule has 0 amide bonds. The quantitative estimate of drug-likeness (QED) is 0.902. The first-order valence-corrected chi connectivity index (χ1v) is 8.65. The molecule has 2 heterocycles. The van der Waals surface area contributed by atoms with Crippen LogP contribution in [0.15, 0.2) is 0 Å². The van der Waals surface area contributed by atoms with Crippen LogP contribution in [0.3, 0.4) is 0 Å². The van der Waals surface area contributed by atoms with Crippen LogP contribution < -0.4 is 5.32 Å². The second-order valence-corrected chi connectivity index (χ2v) is 6.47. The summed E-state index contributed by atoms with van der Waals surface area (Å²) >= 11 is 0. The molecule has 0 radical (unpaired) electrons. The van der Waals surface area contributed by atoms with Crippen LogP contribution in [0.1, 0.15) is 88.0 Å². The SMILES string of the molecule is CCC(CC)n1c(C2CCCCC2)nc2c1CCNC2. The van der Waals surface area contributed by atoms with Gasteiger partial charge in [-0.3, -0.25) is 0 Å². The predicted molar refractivity (Wildman–Crippen MR) is 83.1 cm³/mol. The molecule has 112 valence electrons. The number of rotatable bonds is 4. The normalized spacial score (nSPS) is 20.4. The summed E-state index contributed by atoms with van der Waals surface area (Å²) in [5, 5.41) is 3.48. The molecule has 3 rings (SSSR count). The summed E-state index contributed by atoms with van der Waals surface area (Å²) in [5.74, 6) is 2.14. The van der Waals surface area contributed by atoms with E-state index in [1.807, 2.05) is 0 Å². The van der Waals surface area contributed by atoms with Gasteiger partial charge in [0.15, 0.2) is 0 Å². The van der Waals surface area contributed by atoms with Crippen LogP contribution in [0.5, 0.6) is 0 Å². The summed E-state index contributed by atoms with van der Waals surface area (Å²) in [6, 6.07) is 0.654. The van der Waals surface area contributed by atoms with Crippen LogP contribution in [0.25, 0.3) is 0 Å². The summed E-state index contributed by atoms with van der Waals surface area (Å²) in [4.78, 5) is 5.09. The van der Waals surface area contributed by atoms with Crippen LogP contribution in [0, 0.1) is 0 Å². The molecular weight excluding hydrogens is 246 g/mol. The molecule has 1 saturated carbocycles. The fourth-order valence-electron chi connectivity index (χ4n) is 4.06. The van der Waals surface area contributed by atoms with Crippen molar-refractivity contribution in [2.24, 2.45) is 0 Å². The zero-order valence-electron chi connectivity index (χ0n) is 13.1. The third kappa shape index (κ3) is 2.52. The topological polar surface area (TPSA) is 29.9 Å². The minimum absolute atomic E-state index is 0.654. The molecule has 0 atom stereocenters. The lowest BCUT2D eigenvalue weighted by atomic mass is 9.88. The van der Waals surface area contributed by atoms with E-state index >= 15 is 0 Å². The highest BCUT2D eigenvalue weighted by Gasteiger charge is 2.28. The molecule has 0 aromatic carbocycles. The molecule has 3 nitrogen and oxygen atoms in total. The summed E-state index contributed by atoms with van der Waals surface area (Å²) in [5.41, 5.74) is 2.88. The van der Waals surface area contributed by atoms with Crippen LogP contribution in [0.4, 0.5) is 0 Å². The van der Waals surface area contributed by atoms with Crippen LogP contribution >= 0.6 is 0 Å². The number of fused-ring (bicyclic) bond motifs is 1. The number of nitrogens with one attached hydrogen (secondary N) is 1. The average molecular weight is 275 g/mol. The Bertz CT molecular complexity index is 439. The third-order valence-electron chi connectivity index (χ3n) is 5.23. The van der Waals surface area contributed by atoms with Crippen molar-refractivity contribution in [3.05, 3.63) is 17.2 Å². The van der Waals surface area contributed by atoms with Gasteiger partial charge in [-0.1, -0.05) is 33.1 Å². The van der Waals surface area contributed by atoms with Crippen molar-refractivity contribution >= 4 is 0 Å². The zero-order chi connectivity index (χ0) is 13.9. The zero-order valence-corrected chi connectivity index (χ0v) is 13.1. The largest absolute Gasteiger partial charge is 0.328 e. The van der Waals surface area contributed by atoms with E-state index in [1.54, 1.807) is 0 Å². The first-order chi connectivity index (χ1) is 9.85. The smallest absolute Gasteiger partial charge is 0.112 e. The second-order valence-electron chi connectivity index (χ2n) is 6.47. The molecule has 0 unspecified atom stereocenters. The molecule has 1 aromatic rings. The van der Waals surface area contributed by atoms with Gasteiger partial charge in [-0.15, -0.1) is 0 Å². The highest BCUT2D eigenvalue weighted by atomic mass is 15.1. The van der Waals surface area contributed by atoms with Gasteiger partial charge in [0.25, 0.3) is 0 Å². The van der Waals surface area contributed by atoms with Gasteiger partial charge >= 0.3 is 0 Å². The molecule has 1 aromatic heterocycles. The minimum Gasteiger partial charge on any atom is -0.328 e. The van der Waals surface area contributed by atoms with Crippen molar-refractivity contribution in [1.29, 1.82) is 0 Å². The van der Waals surface area contributed by atoms with E-state index in [-0.39, 0.29) is 0 Å². The Morgan fingerprint density at radius 1 is 1.20 bits per heavy atom. The monoisotopic (exact) mass is 275 g/mol. The Labute approximate surface area is 123 Å². The first kappa shape index (κ1) is 14.1. The van der Waals surface area contributed by atoms with Crippen molar-refractivity contribution in [2.75, 3.05) is 6.54 Å². The Hall–Kier alpha value is -0.830. The summed E-state index contributed by atoms with van der Waals surface area (Å²) in [6.45, 7) is 6.74. The van der Waals surface area contributed by atoms with Crippen molar-refractivity contribution in [1.82, 2.24) is 14.9 Å². The molecule has 0 spiro atoms. The van der Waals surface area contributed by atoms with E-state index in [0.717, 1.165) is 25.4 Å². The fraction of sp³-hybridized carbons (Fsp3) is 0.824. The lowest BCUT2D eigenvalue weighted by Crippen LogP contribution is -2.26. The molecule has 1 aliphatic carbocycles. The van der Waals surface area contributed by atoms with Gasteiger partial charge in [-0.2, -0.15) is 0 Å². The molecule has 1 N–H and O–H groups in total. The van der Waals surface area contributed by atoms with Crippen LogP contribution in [-0.4, -0.2) is 16.1 Å². The van der Waals surface area contributed by atoms with Crippen molar-refractivity contribution < 1.29 is 0 Å². The average Bonchev–Trinajstić information content (AvgIpc) is 2.89. The van der Waals surface area contributed by atoms with Crippen molar-refractivity contribution in [3.63, 3.8) is 0 Å². The van der Waals surface area contributed by atoms with Gasteiger partial charge < -0.3 is 9.88 Å². The molecule has 1 aliphatic heterocycles. The molecule has 1 fully saturated rings. The molecule has 0 saturated heterocycles. The Kier molecular flexibility index (Phi) is 4.45. The van der Waals surface area contributed by atoms with E-state index in [2.05, 4.69) is 23.7 Å². The summed E-state index contributed by atoms with van der Waals surface area (Å²) < 4.78 is 2.66. The lowest BCUT2D eigenvalue weighted by Gasteiger charge is -2.27. The van der Waals surface area contributed by atoms with Crippen LogP contribution in [-0.2, 0) is 13.0 Å². The maximum absolute atomic E-state index is 5.09. The number of hydrogen-bond acceptors (Lipinski definition) is 2. The van der Waals surface area contributed by atoms with Gasteiger partial charge in [0, 0.05) is 37.2 Å². The maximum atomic E-state index is 5.09.